The van der Waals surface area contributed by atoms with Gasteiger partial charge in [-0.2, -0.15) is 0 Å². The normalized spacial score (nSPS) is 14.1. The van der Waals surface area contributed by atoms with Crippen LogP contribution in [0.4, 0.5) is 0 Å². The molecule has 36 heavy (non-hydrogen) atoms. The first-order chi connectivity index (χ1) is 17.1. The molecule has 0 saturated heterocycles. The SMILES string of the molecule is CC/C=C\C/C=C\C/C=C\C/C=C\CCC(=O)OC(COCCC(C(=O)O)[N+](C)(C)C)COC(C)=O. The van der Waals surface area contributed by atoms with Gasteiger partial charge < -0.3 is 23.8 Å². The van der Waals surface area contributed by atoms with Crippen LogP contribution in [0.25, 0.3) is 0 Å². The van der Waals surface area contributed by atoms with Gasteiger partial charge >= 0.3 is 17.9 Å². The van der Waals surface area contributed by atoms with Gasteiger partial charge in [-0.25, -0.2) is 4.79 Å². The molecule has 0 aliphatic rings. The Bertz CT molecular complexity index is 747. The van der Waals surface area contributed by atoms with Crippen molar-refractivity contribution in [1.82, 2.24) is 0 Å². The number of rotatable bonds is 20. The fraction of sp³-hybridized carbons (Fsp3) is 0.607. The Morgan fingerprint density at radius 1 is 0.861 bits per heavy atom. The highest BCUT2D eigenvalue weighted by Gasteiger charge is 2.31. The maximum atomic E-state index is 12.2. The van der Waals surface area contributed by atoms with Crippen LogP contribution in [0.1, 0.15) is 58.8 Å². The number of carboxylic acid groups (broad SMARTS) is 1. The lowest BCUT2D eigenvalue weighted by Crippen LogP contribution is -2.50. The number of esters is 2. The molecule has 0 amide bonds. The highest BCUT2D eigenvalue weighted by atomic mass is 16.6. The molecule has 2 atom stereocenters. The third-order valence-electron chi connectivity index (χ3n) is 5.06. The van der Waals surface area contributed by atoms with Gasteiger partial charge in [0.05, 0.1) is 34.4 Å². The second-order valence-electron chi connectivity index (χ2n) is 9.29. The molecule has 204 valence electrons. The van der Waals surface area contributed by atoms with Crippen molar-refractivity contribution >= 4 is 17.9 Å². The summed E-state index contributed by atoms with van der Waals surface area (Å²) in [5, 5.41) is 9.39. The van der Waals surface area contributed by atoms with Crippen LogP contribution in [0.5, 0.6) is 0 Å². The number of allylic oxidation sites excluding steroid dienone is 8. The summed E-state index contributed by atoms with van der Waals surface area (Å²) in [7, 11) is 5.42. The van der Waals surface area contributed by atoms with Gasteiger partial charge in [0, 0.05) is 19.8 Å². The predicted octanol–water partition coefficient (Wildman–Crippen LogP) is 4.61. The zero-order valence-electron chi connectivity index (χ0n) is 22.7. The smallest absolute Gasteiger partial charge is 0.362 e. The van der Waals surface area contributed by atoms with Gasteiger partial charge in [-0.05, 0) is 32.1 Å². The molecule has 2 unspecified atom stereocenters. The third-order valence-corrected chi connectivity index (χ3v) is 5.06. The van der Waals surface area contributed by atoms with Crippen LogP contribution < -0.4 is 0 Å². The molecule has 0 saturated carbocycles. The molecular weight excluding hydrogens is 462 g/mol. The summed E-state index contributed by atoms with van der Waals surface area (Å²) in [5.41, 5.74) is 0. The second-order valence-corrected chi connectivity index (χ2v) is 9.29. The molecule has 0 heterocycles. The van der Waals surface area contributed by atoms with Gasteiger partial charge in [-0.3, -0.25) is 9.59 Å². The molecule has 8 heteroatoms. The Morgan fingerprint density at radius 3 is 1.92 bits per heavy atom. The zero-order chi connectivity index (χ0) is 27.2. The highest BCUT2D eigenvalue weighted by Crippen LogP contribution is 2.09. The van der Waals surface area contributed by atoms with E-state index < -0.39 is 30.1 Å². The van der Waals surface area contributed by atoms with Crippen molar-refractivity contribution in [2.24, 2.45) is 0 Å². The molecular formula is C28H46NO7+. The van der Waals surface area contributed by atoms with Crippen molar-refractivity contribution in [3.05, 3.63) is 48.6 Å². The lowest BCUT2D eigenvalue weighted by atomic mass is 10.1. The van der Waals surface area contributed by atoms with Crippen LogP contribution >= 0.6 is 0 Å². The summed E-state index contributed by atoms with van der Waals surface area (Å²) in [6, 6.07) is -0.620. The number of carbonyl (C=O) groups excluding carboxylic acids is 2. The van der Waals surface area contributed by atoms with E-state index in [0.29, 0.717) is 12.8 Å². The van der Waals surface area contributed by atoms with E-state index in [1.165, 1.54) is 6.92 Å². The summed E-state index contributed by atoms with van der Waals surface area (Å²) in [4.78, 5) is 34.8. The van der Waals surface area contributed by atoms with Crippen molar-refractivity contribution < 1.29 is 38.2 Å². The van der Waals surface area contributed by atoms with Crippen LogP contribution in [0.3, 0.4) is 0 Å². The number of ether oxygens (including phenoxy) is 3. The summed E-state index contributed by atoms with van der Waals surface area (Å²) in [6.07, 6.45) is 20.8. The fourth-order valence-electron chi connectivity index (χ4n) is 3.12. The number of nitrogens with zero attached hydrogens (tertiary/aromatic N) is 1. The summed E-state index contributed by atoms with van der Waals surface area (Å²) in [5.74, 6) is -1.79. The van der Waals surface area contributed by atoms with Crippen LogP contribution in [0.15, 0.2) is 48.6 Å². The van der Waals surface area contributed by atoms with Crippen molar-refractivity contribution in [1.29, 1.82) is 0 Å². The average Bonchev–Trinajstić information content (AvgIpc) is 2.78. The van der Waals surface area contributed by atoms with Gasteiger partial charge in [0.1, 0.15) is 6.61 Å². The van der Waals surface area contributed by atoms with Gasteiger partial charge in [0.25, 0.3) is 0 Å². The maximum Gasteiger partial charge on any atom is 0.362 e. The van der Waals surface area contributed by atoms with E-state index in [9.17, 15) is 19.5 Å². The maximum absolute atomic E-state index is 12.2. The number of hydrogen-bond acceptors (Lipinski definition) is 6. The van der Waals surface area contributed by atoms with Gasteiger partial charge in [0.2, 0.25) is 0 Å². The standard InChI is InChI=1S/C28H45NO7/c1-6-7-8-9-10-11-12-13-14-15-16-17-18-19-27(31)36-25(23-35-24(2)30)22-34-21-20-26(28(32)33)29(3,4)5/h7-8,10-11,13-14,16-17,25-26H,6,9,12,15,18-23H2,1-5H3/p+1/b8-7-,11-10-,14-13-,17-16-. The largest absolute Gasteiger partial charge is 0.477 e. The molecule has 0 fully saturated rings. The lowest BCUT2D eigenvalue weighted by Gasteiger charge is -2.31. The molecule has 0 aromatic carbocycles. The Hall–Kier alpha value is -2.71. The molecule has 1 N–H and O–H groups in total. The molecule has 0 radical (unpaired) electrons. The van der Waals surface area contributed by atoms with Crippen molar-refractivity contribution in [3.63, 3.8) is 0 Å². The average molecular weight is 509 g/mol. The summed E-state index contributed by atoms with van der Waals surface area (Å²) >= 11 is 0. The Balaban J connectivity index is 4.33. The van der Waals surface area contributed by atoms with E-state index in [0.717, 1.165) is 25.7 Å². The Kier molecular flexibility index (Phi) is 18.9. The minimum Gasteiger partial charge on any atom is -0.477 e. The summed E-state index contributed by atoms with van der Waals surface area (Å²) in [6.45, 7) is 3.49. The van der Waals surface area contributed by atoms with E-state index in [2.05, 4.69) is 43.4 Å². The van der Waals surface area contributed by atoms with Crippen LogP contribution in [0.2, 0.25) is 0 Å². The molecule has 0 aliphatic carbocycles. The van der Waals surface area contributed by atoms with E-state index in [-0.39, 0.29) is 30.7 Å². The quantitative estimate of drug-likeness (QED) is 0.111. The van der Waals surface area contributed by atoms with Crippen LogP contribution in [0, 0.1) is 0 Å². The first-order valence-corrected chi connectivity index (χ1v) is 12.6. The first-order valence-electron chi connectivity index (χ1n) is 12.6. The first kappa shape index (κ1) is 33.3. The molecule has 0 aromatic heterocycles. The number of carbonyl (C=O) groups is 3. The molecule has 0 rings (SSSR count). The number of quaternary nitrogens is 1. The molecule has 0 aromatic rings. The second kappa shape index (κ2) is 20.5. The van der Waals surface area contributed by atoms with Crippen LogP contribution in [-0.2, 0) is 28.6 Å². The highest BCUT2D eigenvalue weighted by molar-refractivity contribution is 5.72. The minimum absolute atomic E-state index is 0.0203. The monoisotopic (exact) mass is 508 g/mol. The zero-order valence-corrected chi connectivity index (χ0v) is 22.7. The van der Waals surface area contributed by atoms with Gasteiger partial charge in [0.15, 0.2) is 12.1 Å². The van der Waals surface area contributed by atoms with E-state index in [1.54, 1.807) is 21.1 Å². The molecule has 0 spiro atoms. The van der Waals surface area contributed by atoms with Crippen LogP contribution in [-0.4, -0.2) is 80.6 Å². The van der Waals surface area contributed by atoms with E-state index in [1.807, 2.05) is 12.2 Å². The van der Waals surface area contributed by atoms with Crippen molar-refractivity contribution in [2.75, 3.05) is 41.0 Å². The van der Waals surface area contributed by atoms with Gasteiger partial charge in [-0.15, -0.1) is 0 Å². The number of hydrogen-bond donors (Lipinski definition) is 1. The molecule has 0 bridgehead atoms. The van der Waals surface area contributed by atoms with Gasteiger partial charge in [-0.1, -0.05) is 55.5 Å². The Labute approximate surface area is 216 Å². The minimum atomic E-state index is -0.898. The Morgan fingerprint density at radius 2 is 1.42 bits per heavy atom. The van der Waals surface area contributed by atoms with E-state index >= 15 is 0 Å². The van der Waals surface area contributed by atoms with Crippen molar-refractivity contribution in [3.8, 4) is 0 Å². The topological polar surface area (TPSA) is 99.1 Å². The fourth-order valence-corrected chi connectivity index (χ4v) is 3.12. The molecule has 0 aliphatic heterocycles. The predicted molar refractivity (Wildman–Crippen MR) is 141 cm³/mol. The summed E-state index contributed by atoms with van der Waals surface area (Å²) < 4.78 is 16.2. The molecule has 8 nitrogen and oxygen atoms in total. The van der Waals surface area contributed by atoms with E-state index in [4.69, 9.17) is 14.2 Å². The third kappa shape index (κ3) is 19.6. The number of likely N-dealkylation sites (N-methyl/N-ethyl adjacent to an activating group) is 1. The number of carboxylic acids is 1. The lowest BCUT2D eigenvalue weighted by molar-refractivity contribution is -0.887. The number of aliphatic carboxylic acids is 1. The van der Waals surface area contributed by atoms with Crippen molar-refractivity contribution in [2.45, 2.75) is 70.9 Å².